The van der Waals surface area contributed by atoms with Crippen LogP contribution in [0.25, 0.3) is 5.57 Å². The van der Waals surface area contributed by atoms with E-state index in [2.05, 4.69) is 5.32 Å². The summed E-state index contributed by atoms with van der Waals surface area (Å²) in [6.45, 7) is 1.98. The van der Waals surface area contributed by atoms with Gasteiger partial charge in [-0.25, -0.2) is 0 Å². The van der Waals surface area contributed by atoms with Crippen LogP contribution in [0.15, 0.2) is 17.9 Å². The molecular formula is C17H19Cl2NO2. The molecule has 1 amide bonds. The number of nitrogens with one attached hydrogen (secondary N) is 1. The Balaban J connectivity index is 2.17. The van der Waals surface area contributed by atoms with Crippen LogP contribution in [0.1, 0.15) is 50.2 Å². The third kappa shape index (κ3) is 2.40. The highest BCUT2D eigenvalue weighted by molar-refractivity contribution is 6.38. The van der Waals surface area contributed by atoms with E-state index in [9.17, 15) is 9.90 Å². The van der Waals surface area contributed by atoms with Gasteiger partial charge in [-0.05, 0) is 37.0 Å². The maximum Gasteiger partial charge on any atom is 0.256 e. The second-order valence-corrected chi connectivity index (χ2v) is 6.94. The molecular weight excluding hydrogens is 321 g/mol. The Morgan fingerprint density at radius 1 is 1.23 bits per heavy atom. The number of amides is 1. The zero-order valence-electron chi connectivity index (χ0n) is 12.5. The fourth-order valence-electron chi connectivity index (χ4n) is 3.62. The van der Waals surface area contributed by atoms with Crippen LogP contribution in [0.2, 0.25) is 10.0 Å². The Kier molecular flexibility index (Phi) is 4.13. The van der Waals surface area contributed by atoms with Gasteiger partial charge in [-0.15, -0.1) is 0 Å². The van der Waals surface area contributed by atoms with Gasteiger partial charge in [0.05, 0.1) is 16.1 Å². The molecule has 1 aliphatic heterocycles. The quantitative estimate of drug-likeness (QED) is 0.823. The molecule has 1 aromatic rings. The van der Waals surface area contributed by atoms with Crippen molar-refractivity contribution >= 4 is 34.7 Å². The number of rotatable bonds is 2. The minimum Gasteiger partial charge on any atom is -0.509 e. The molecule has 0 atom stereocenters. The van der Waals surface area contributed by atoms with Crippen molar-refractivity contribution in [1.29, 1.82) is 0 Å². The monoisotopic (exact) mass is 339 g/mol. The number of aliphatic hydroxyl groups excluding tert-OH is 1. The number of benzene rings is 1. The summed E-state index contributed by atoms with van der Waals surface area (Å²) in [4.78, 5) is 12.5. The summed E-state index contributed by atoms with van der Waals surface area (Å²) < 4.78 is 0. The second kappa shape index (κ2) is 5.78. The summed E-state index contributed by atoms with van der Waals surface area (Å²) in [5.41, 5.74) is 1.21. The van der Waals surface area contributed by atoms with Crippen molar-refractivity contribution < 1.29 is 9.90 Å². The zero-order chi connectivity index (χ0) is 15.9. The van der Waals surface area contributed by atoms with Crippen LogP contribution in [0.5, 0.6) is 0 Å². The number of carbonyl (C=O) groups excluding carboxylic acids is 1. The van der Waals surface area contributed by atoms with Crippen molar-refractivity contribution in [1.82, 2.24) is 5.32 Å². The zero-order valence-corrected chi connectivity index (χ0v) is 14.0. The minimum atomic E-state index is -0.599. The van der Waals surface area contributed by atoms with Crippen LogP contribution in [0.4, 0.5) is 0 Å². The van der Waals surface area contributed by atoms with E-state index >= 15 is 0 Å². The maximum absolute atomic E-state index is 12.5. The molecule has 0 aromatic heterocycles. The van der Waals surface area contributed by atoms with Gasteiger partial charge in [-0.3, -0.25) is 4.79 Å². The summed E-state index contributed by atoms with van der Waals surface area (Å²) >= 11 is 12.4. The Morgan fingerprint density at radius 3 is 2.55 bits per heavy atom. The van der Waals surface area contributed by atoms with E-state index in [1.165, 1.54) is 0 Å². The predicted molar refractivity (Wildman–Crippen MR) is 89.3 cm³/mol. The van der Waals surface area contributed by atoms with Crippen LogP contribution < -0.4 is 5.32 Å². The second-order valence-electron chi connectivity index (χ2n) is 6.10. The molecule has 3 rings (SSSR count). The number of hydrogen-bond donors (Lipinski definition) is 2. The molecule has 1 fully saturated rings. The predicted octanol–water partition coefficient (Wildman–Crippen LogP) is 4.66. The molecule has 1 heterocycles. The van der Waals surface area contributed by atoms with Crippen molar-refractivity contribution in [3.8, 4) is 0 Å². The molecule has 1 spiro atoms. The van der Waals surface area contributed by atoms with Gasteiger partial charge >= 0.3 is 0 Å². The third-order valence-corrected chi connectivity index (χ3v) is 5.26. The van der Waals surface area contributed by atoms with Gasteiger partial charge in [0.25, 0.3) is 5.91 Å². The van der Waals surface area contributed by atoms with E-state index in [4.69, 9.17) is 23.2 Å². The summed E-state index contributed by atoms with van der Waals surface area (Å²) in [5.74, 6) is -0.0885. The maximum atomic E-state index is 12.5. The molecule has 0 unspecified atom stereocenters. The van der Waals surface area contributed by atoms with Gasteiger partial charge in [0.15, 0.2) is 0 Å². The first-order valence-corrected chi connectivity index (χ1v) is 8.48. The minimum absolute atomic E-state index is 0.149. The van der Waals surface area contributed by atoms with E-state index in [-0.39, 0.29) is 11.7 Å². The number of aliphatic hydroxyl groups is 1. The molecule has 0 saturated heterocycles. The Morgan fingerprint density at radius 2 is 1.91 bits per heavy atom. The molecule has 118 valence electrons. The molecule has 1 aliphatic carbocycles. The van der Waals surface area contributed by atoms with E-state index in [1.807, 2.05) is 13.0 Å². The van der Waals surface area contributed by atoms with E-state index in [0.29, 0.717) is 27.6 Å². The fraction of sp³-hybridized carbons (Fsp3) is 0.471. The molecule has 0 radical (unpaired) electrons. The van der Waals surface area contributed by atoms with E-state index < -0.39 is 5.54 Å². The smallest absolute Gasteiger partial charge is 0.256 e. The molecule has 0 bridgehead atoms. The first-order chi connectivity index (χ1) is 10.5. The lowest BCUT2D eigenvalue weighted by molar-refractivity contribution is -0.116. The summed E-state index contributed by atoms with van der Waals surface area (Å²) in [7, 11) is 0. The van der Waals surface area contributed by atoms with Gasteiger partial charge in [0.1, 0.15) is 5.76 Å². The van der Waals surface area contributed by atoms with E-state index in [1.54, 1.807) is 6.07 Å². The van der Waals surface area contributed by atoms with Gasteiger partial charge in [-0.1, -0.05) is 49.4 Å². The van der Waals surface area contributed by atoms with Gasteiger partial charge in [-0.2, -0.15) is 0 Å². The van der Waals surface area contributed by atoms with Crippen LogP contribution in [0, 0.1) is 0 Å². The van der Waals surface area contributed by atoms with Crippen LogP contribution in [0.3, 0.4) is 0 Å². The molecule has 2 aliphatic rings. The third-order valence-electron chi connectivity index (χ3n) is 4.74. The van der Waals surface area contributed by atoms with Crippen molar-refractivity contribution in [2.24, 2.45) is 0 Å². The van der Waals surface area contributed by atoms with Gasteiger partial charge in [0.2, 0.25) is 0 Å². The molecule has 1 saturated carbocycles. The highest BCUT2D eigenvalue weighted by Gasteiger charge is 2.47. The number of halogens is 2. The first kappa shape index (κ1) is 15.7. The number of hydrogen-bond acceptors (Lipinski definition) is 2. The first-order valence-electron chi connectivity index (χ1n) is 7.73. The lowest BCUT2D eigenvalue weighted by Gasteiger charge is -2.33. The summed E-state index contributed by atoms with van der Waals surface area (Å²) in [5, 5.41) is 14.8. The largest absolute Gasteiger partial charge is 0.509 e. The molecule has 3 nitrogen and oxygen atoms in total. The molecule has 22 heavy (non-hydrogen) atoms. The molecule has 5 heteroatoms. The van der Waals surface area contributed by atoms with Crippen molar-refractivity contribution in [3.05, 3.63) is 39.1 Å². The van der Waals surface area contributed by atoms with Crippen LogP contribution in [-0.2, 0) is 11.2 Å². The number of carbonyl (C=O) groups is 1. The summed E-state index contributed by atoms with van der Waals surface area (Å²) in [6.07, 6.45) is 5.40. The Labute approximate surface area is 140 Å². The Hall–Kier alpha value is -1.19. The van der Waals surface area contributed by atoms with Gasteiger partial charge < -0.3 is 10.4 Å². The normalized spacial score (nSPS) is 20.6. The lowest BCUT2D eigenvalue weighted by atomic mass is 9.80. The topological polar surface area (TPSA) is 49.3 Å². The highest BCUT2D eigenvalue weighted by Crippen LogP contribution is 2.43. The molecule has 2 N–H and O–H groups in total. The average Bonchev–Trinajstić information content (AvgIpc) is 2.71. The van der Waals surface area contributed by atoms with Gasteiger partial charge in [0, 0.05) is 10.6 Å². The lowest BCUT2D eigenvalue weighted by Crippen LogP contribution is -2.46. The standard InChI is InChI=1S/C17H19Cl2NO2/c1-2-10-8-11(18)9-12(19)13(10)14-15(21)17(20-16(14)22)6-4-3-5-7-17/h8-9,21H,2-7H2,1H3,(H,20,22). The van der Waals surface area contributed by atoms with Crippen molar-refractivity contribution in [2.45, 2.75) is 51.0 Å². The van der Waals surface area contributed by atoms with Crippen molar-refractivity contribution in [3.63, 3.8) is 0 Å². The highest BCUT2D eigenvalue weighted by atomic mass is 35.5. The Bertz CT molecular complexity index is 661. The summed E-state index contributed by atoms with van der Waals surface area (Å²) in [6, 6.07) is 3.43. The fourth-order valence-corrected chi connectivity index (χ4v) is 4.25. The van der Waals surface area contributed by atoms with Crippen LogP contribution >= 0.6 is 23.2 Å². The average molecular weight is 340 g/mol. The molecule has 1 aromatic carbocycles. The SMILES string of the molecule is CCc1cc(Cl)cc(Cl)c1C1=C(O)C2(CCCCC2)NC1=O. The van der Waals surface area contributed by atoms with Crippen molar-refractivity contribution in [2.75, 3.05) is 0 Å². The van der Waals surface area contributed by atoms with Crippen LogP contribution in [-0.4, -0.2) is 16.6 Å². The number of aryl methyl sites for hydroxylation is 1. The van der Waals surface area contributed by atoms with E-state index in [0.717, 1.165) is 37.7 Å².